The second-order valence-corrected chi connectivity index (χ2v) is 9.70. The van der Waals surface area contributed by atoms with Gasteiger partial charge in [-0.15, -0.1) is 6.58 Å². The molecule has 25 heavy (non-hydrogen) atoms. The predicted molar refractivity (Wildman–Crippen MR) is 98.9 cm³/mol. The number of hydrogen-bond acceptors (Lipinski definition) is 3. The van der Waals surface area contributed by atoms with Gasteiger partial charge in [0.2, 0.25) is 0 Å². The minimum Gasteiger partial charge on any atom is -0.462 e. The van der Waals surface area contributed by atoms with Gasteiger partial charge >= 0.3 is 5.97 Å². The summed E-state index contributed by atoms with van der Waals surface area (Å²) in [5, 5.41) is 0. The molecule has 0 heterocycles. The van der Waals surface area contributed by atoms with Crippen LogP contribution in [0.4, 0.5) is 0 Å². The minimum absolute atomic E-state index is 0.0254. The number of Topliss-reactive ketones (excluding diaryl/α,β-unsaturated/α-hetero) is 1. The summed E-state index contributed by atoms with van der Waals surface area (Å²) < 4.78 is 5.93. The van der Waals surface area contributed by atoms with Crippen LogP contribution in [0, 0.1) is 34.0 Å². The van der Waals surface area contributed by atoms with Crippen LogP contribution in [0.1, 0.15) is 73.1 Å². The normalized spacial score (nSPS) is 49.7. The Bertz CT molecular complexity index is 596. The molecule has 140 valence electrons. The van der Waals surface area contributed by atoms with Gasteiger partial charge in [-0.25, -0.2) is 0 Å². The van der Waals surface area contributed by atoms with Gasteiger partial charge in [0, 0.05) is 24.7 Å². The number of allylic oxidation sites excluding steroid dienone is 1. The molecule has 3 nitrogen and oxygen atoms in total. The zero-order valence-electron chi connectivity index (χ0n) is 16.6. The lowest BCUT2D eigenvalue weighted by atomic mass is 9.44. The molecule has 0 aromatic heterocycles. The van der Waals surface area contributed by atoms with Gasteiger partial charge in [-0.05, 0) is 54.8 Å². The number of ketones is 1. The molecule has 3 heteroatoms. The molecule has 3 rings (SSSR count). The van der Waals surface area contributed by atoms with E-state index in [-0.39, 0.29) is 34.2 Å². The molecule has 0 spiro atoms. The second-order valence-electron chi connectivity index (χ2n) is 9.70. The number of carbonyl (C=O) groups is 2. The van der Waals surface area contributed by atoms with Gasteiger partial charge in [-0.3, -0.25) is 9.59 Å². The summed E-state index contributed by atoms with van der Waals surface area (Å²) in [6.45, 7) is 14.7. The third-order valence-electron chi connectivity index (χ3n) is 8.36. The molecule has 7 atom stereocenters. The first-order chi connectivity index (χ1) is 11.6. The molecule has 0 aromatic rings. The summed E-state index contributed by atoms with van der Waals surface area (Å²) in [6.07, 6.45) is 7.55. The summed E-state index contributed by atoms with van der Waals surface area (Å²) >= 11 is 0. The van der Waals surface area contributed by atoms with E-state index in [1.807, 2.05) is 0 Å². The maximum absolute atomic E-state index is 13.1. The highest BCUT2D eigenvalue weighted by molar-refractivity contribution is 5.85. The van der Waals surface area contributed by atoms with E-state index in [2.05, 4.69) is 40.3 Å². The fourth-order valence-corrected chi connectivity index (χ4v) is 6.73. The molecule has 3 fully saturated rings. The van der Waals surface area contributed by atoms with Crippen molar-refractivity contribution in [2.75, 3.05) is 0 Å². The lowest BCUT2D eigenvalue weighted by molar-refractivity contribution is -0.190. The van der Waals surface area contributed by atoms with E-state index in [1.54, 1.807) is 0 Å². The Hall–Kier alpha value is -1.12. The average molecular weight is 347 g/mol. The Balaban J connectivity index is 2.18. The van der Waals surface area contributed by atoms with Gasteiger partial charge < -0.3 is 4.74 Å². The smallest absolute Gasteiger partial charge is 0.302 e. The van der Waals surface area contributed by atoms with E-state index in [1.165, 1.54) is 6.92 Å². The van der Waals surface area contributed by atoms with Gasteiger partial charge in [-0.1, -0.05) is 33.8 Å². The average Bonchev–Trinajstić information content (AvgIpc) is 2.88. The Morgan fingerprint density at radius 2 is 1.88 bits per heavy atom. The SMILES string of the molecule is C=C[C@@]1(C)C[C@H](C)[C@]23CCC(=O)C2[C@@](C)([C@H](C)CC3)[C@H](OC(C)=O)C1. The highest BCUT2D eigenvalue weighted by Crippen LogP contribution is 2.67. The Morgan fingerprint density at radius 1 is 1.20 bits per heavy atom. The first-order valence-electron chi connectivity index (χ1n) is 9.92. The zero-order valence-corrected chi connectivity index (χ0v) is 16.6. The molecule has 3 aliphatic carbocycles. The van der Waals surface area contributed by atoms with Gasteiger partial charge in [0.15, 0.2) is 0 Å². The van der Waals surface area contributed by atoms with E-state index in [9.17, 15) is 9.59 Å². The van der Waals surface area contributed by atoms with Crippen LogP contribution < -0.4 is 0 Å². The second kappa shape index (κ2) is 5.96. The van der Waals surface area contributed by atoms with Crippen molar-refractivity contribution < 1.29 is 14.3 Å². The monoisotopic (exact) mass is 346 g/mol. The van der Waals surface area contributed by atoms with Crippen LogP contribution in [0.5, 0.6) is 0 Å². The van der Waals surface area contributed by atoms with Gasteiger partial charge in [-0.2, -0.15) is 0 Å². The summed E-state index contributed by atoms with van der Waals surface area (Å²) in [7, 11) is 0. The fraction of sp³-hybridized carbons (Fsp3) is 0.818. The van der Waals surface area contributed by atoms with Crippen molar-refractivity contribution in [2.45, 2.75) is 79.2 Å². The van der Waals surface area contributed by atoms with Crippen LogP contribution in [0.3, 0.4) is 0 Å². The Kier molecular flexibility index (Phi) is 4.45. The van der Waals surface area contributed by atoms with Crippen LogP contribution in [-0.4, -0.2) is 17.9 Å². The molecule has 0 radical (unpaired) electrons. The van der Waals surface area contributed by atoms with Crippen molar-refractivity contribution in [3.63, 3.8) is 0 Å². The summed E-state index contributed by atoms with van der Waals surface area (Å²) in [5.74, 6) is 1.05. The molecule has 2 bridgehead atoms. The summed E-state index contributed by atoms with van der Waals surface area (Å²) in [6, 6.07) is 0. The van der Waals surface area contributed by atoms with Crippen molar-refractivity contribution in [3.05, 3.63) is 12.7 Å². The number of rotatable bonds is 2. The number of hydrogen-bond donors (Lipinski definition) is 0. The van der Waals surface area contributed by atoms with Gasteiger partial charge in [0.25, 0.3) is 0 Å². The molecule has 0 saturated heterocycles. The Morgan fingerprint density at radius 3 is 2.48 bits per heavy atom. The van der Waals surface area contributed by atoms with Crippen molar-refractivity contribution in [1.29, 1.82) is 0 Å². The van der Waals surface area contributed by atoms with E-state index in [4.69, 9.17) is 4.74 Å². The highest BCUT2D eigenvalue weighted by atomic mass is 16.5. The number of carbonyl (C=O) groups excluding carboxylic acids is 2. The molecule has 0 amide bonds. The van der Waals surface area contributed by atoms with Crippen molar-refractivity contribution in [1.82, 2.24) is 0 Å². The third kappa shape index (κ3) is 2.61. The van der Waals surface area contributed by atoms with Crippen LogP contribution in [-0.2, 0) is 14.3 Å². The maximum atomic E-state index is 13.1. The van der Waals surface area contributed by atoms with E-state index >= 15 is 0 Å². The number of ether oxygens (including phenoxy) is 1. The first kappa shape index (κ1) is 18.7. The Labute approximate surface area is 152 Å². The molecule has 3 aliphatic rings. The van der Waals surface area contributed by atoms with Gasteiger partial charge in [0.05, 0.1) is 0 Å². The van der Waals surface area contributed by atoms with Crippen molar-refractivity contribution in [2.24, 2.45) is 34.0 Å². The molecular weight excluding hydrogens is 312 g/mol. The first-order valence-corrected chi connectivity index (χ1v) is 9.92. The molecule has 0 aromatic carbocycles. The maximum Gasteiger partial charge on any atom is 0.302 e. The van der Waals surface area contributed by atoms with Crippen molar-refractivity contribution in [3.8, 4) is 0 Å². The third-order valence-corrected chi connectivity index (χ3v) is 8.36. The van der Waals surface area contributed by atoms with Crippen LogP contribution in [0.15, 0.2) is 12.7 Å². The zero-order chi connectivity index (χ0) is 18.6. The molecule has 3 saturated carbocycles. The van der Waals surface area contributed by atoms with E-state index in [0.717, 1.165) is 32.1 Å². The number of esters is 1. The standard InChI is InChI=1S/C22H34O3/c1-7-20(5)12-15(3)22-10-8-14(2)21(6,18(13-20)25-16(4)23)19(22)17(24)9-11-22/h7,14-15,18-19H,1,8-13H2,2-6H3/t14-,15+,18-,19?,20+,21+,22+/m1/s1. The van der Waals surface area contributed by atoms with Gasteiger partial charge in [0.1, 0.15) is 11.9 Å². The highest BCUT2D eigenvalue weighted by Gasteiger charge is 2.66. The molecule has 1 unspecified atom stereocenters. The largest absolute Gasteiger partial charge is 0.462 e. The molecular formula is C22H34O3. The topological polar surface area (TPSA) is 43.4 Å². The molecule has 0 aliphatic heterocycles. The lowest BCUT2D eigenvalue weighted by Crippen LogP contribution is -2.60. The molecule has 0 N–H and O–H groups in total. The van der Waals surface area contributed by atoms with Crippen LogP contribution in [0.2, 0.25) is 0 Å². The van der Waals surface area contributed by atoms with Crippen LogP contribution >= 0.6 is 0 Å². The van der Waals surface area contributed by atoms with E-state index in [0.29, 0.717) is 24.0 Å². The van der Waals surface area contributed by atoms with E-state index < -0.39 is 0 Å². The summed E-state index contributed by atoms with van der Waals surface area (Å²) in [5.41, 5.74) is -0.278. The van der Waals surface area contributed by atoms with Crippen LogP contribution in [0.25, 0.3) is 0 Å². The van der Waals surface area contributed by atoms with Crippen molar-refractivity contribution >= 4 is 11.8 Å². The summed E-state index contributed by atoms with van der Waals surface area (Å²) in [4.78, 5) is 25.0. The lowest BCUT2D eigenvalue weighted by Gasteiger charge is -2.60. The predicted octanol–water partition coefficient (Wildman–Crippen LogP) is 4.94. The minimum atomic E-state index is -0.281. The quantitative estimate of drug-likeness (QED) is 0.525. The fourth-order valence-electron chi connectivity index (χ4n) is 6.73.